The molecular formula is C17H26N2O3. The van der Waals surface area contributed by atoms with Gasteiger partial charge in [-0.15, -0.1) is 0 Å². The smallest absolute Gasteiger partial charge is 0.360 e. The fraction of sp³-hybridized carbons (Fsp3) is 0.647. The molecule has 0 aliphatic carbocycles. The van der Waals surface area contributed by atoms with Crippen LogP contribution >= 0.6 is 0 Å². The van der Waals surface area contributed by atoms with Crippen molar-refractivity contribution < 1.29 is 14.6 Å². The zero-order valence-electron chi connectivity index (χ0n) is 13.4. The highest BCUT2D eigenvalue weighted by molar-refractivity contribution is 5.90. The van der Waals surface area contributed by atoms with E-state index in [1.54, 1.807) is 6.07 Å². The van der Waals surface area contributed by atoms with Crippen molar-refractivity contribution in [2.45, 2.75) is 44.9 Å². The first-order valence-corrected chi connectivity index (χ1v) is 8.20. The summed E-state index contributed by atoms with van der Waals surface area (Å²) in [7, 11) is 1.29. The third kappa shape index (κ3) is 4.98. The minimum atomic E-state index is -0.594. The Hall–Kier alpha value is -1.62. The van der Waals surface area contributed by atoms with E-state index < -0.39 is 5.97 Å². The van der Waals surface area contributed by atoms with E-state index in [1.165, 1.54) is 51.9 Å². The summed E-state index contributed by atoms with van der Waals surface area (Å²) in [6.07, 6.45) is 8.36. The van der Waals surface area contributed by atoms with E-state index in [0.29, 0.717) is 0 Å². The molecule has 2 heterocycles. The summed E-state index contributed by atoms with van der Waals surface area (Å²) in [5.41, 5.74) is 0.835. The molecule has 0 bridgehead atoms. The number of likely N-dealkylation sites (tertiary alicyclic amines) is 1. The number of carbonyl (C=O) groups excluding carboxylic acids is 1. The van der Waals surface area contributed by atoms with Crippen LogP contribution in [-0.2, 0) is 11.2 Å². The summed E-state index contributed by atoms with van der Waals surface area (Å²) in [5.74, 6) is -0.718. The number of methoxy groups -OCH3 is 1. The highest BCUT2D eigenvalue weighted by Gasteiger charge is 2.14. The minimum Gasteiger partial charge on any atom is -0.505 e. The molecule has 0 amide bonds. The topological polar surface area (TPSA) is 62.7 Å². The predicted molar refractivity (Wildman–Crippen MR) is 85.1 cm³/mol. The molecule has 1 N–H and O–H groups in total. The van der Waals surface area contributed by atoms with Gasteiger partial charge in [0.15, 0.2) is 5.69 Å². The van der Waals surface area contributed by atoms with E-state index in [-0.39, 0.29) is 11.4 Å². The van der Waals surface area contributed by atoms with Crippen molar-refractivity contribution in [3.8, 4) is 5.75 Å². The number of unbranched alkanes of at least 4 members (excludes halogenated alkanes) is 1. The van der Waals surface area contributed by atoms with Crippen molar-refractivity contribution in [1.82, 2.24) is 9.88 Å². The molecular weight excluding hydrogens is 280 g/mol. The molecule has 0 saturated carbocycles. The summed E-state index contributed by atoms with van der Waals surface area (Å²) >= 11 is 0. The van der Waals surface area contributed by atoms with Gasteiger partial charge in [-0.3, -0.25) is 0 Å². The highest BCUT2D eigenvalue weighted by atomic mass is 16.5. The molecule has 122 valence electrons. The van der Waals surface area contributed by atoms with Gasteiger partial charge in [0.25, 0.3) is 0 Å². The van der Waals surface area contributed by atoms with Gasteiger partial charge >= 0.3 is 5.97 Å². The molecule has 0 unspecified atom stereocenters. The van der Waals surface area contributed by atoms with Crippen LogP contribution < -0.4 is 0 Å². The number of hydrogen-bond acceptors (Lipinski definition) is 5. The summed E-state index contributed by atoms with van der Waals surface area (Å²) in [4.78, 5) is 18.3. The van der Waals surface area contributed by atoms with Crippen molar-refractivity contribution in [3.05, 3.63) is 23.5 Å². The Bertz CT molecular complexity index is 483. The van der Waals surface area contributed by atoms with Crippen LogP contribution in [0.4, 0.5) is 0 Å². The standard InChI is InChI=1S/C17H26N2O3/c1-22-17(21)16-15(20)10-9-14(18-16)8-4-7-13-19-11-5-2-3-6-12-19/h9-10,20H,2-8,11-13H2,1H3. The van der Waals surface area contributed by atoms with E-state index in [2.05, 4.69) is 14.6 Å². The maximum atomic E-state index is 11.5. The normalized spacial score (nSPS) is 16.2. The maximum absolute atomic E-state index is 11.5. The van der Waals surface area contributed by atoms with Crippen LogP contribution in [0.5, 0.6) is 5.75 Å². The van der Waals surface area contributed by atoms with Gasteiger partial charge in [-0.25, -0.2) is 9.78 Å². The maximum Gasteiger partial charge on any atom is 0.360 e. The molecule has 5 nitrogen and oxygen atoms in total. The summed E-state index contributed by atoms with van der Waals surface area (Å²) in [6, 6.07) is 3.29. The number of pyridine rings is 1. The molecule has 0 spiro atoms. The van der Waals surface area contributed by atoms with Crippen LogP contribution in [0.25, 0.3) is 0 Å². The molecule has 0 radical (unpaired) electrons. The first kappa shape index (κ1) is 16.7. The summed E-state index contributed by atoms with van der Waals surface area (Å²) in [5, 5.41) is 9.63. The zero-order valence-corrected chi connectivity index (χ0v) is 13.4. The van der Waals surface area contributed by atoms with Crippen LogP contribution in [0, 0.1) is 0 Å². The quantitative estimate of drug-likeness (QED) is 0.647. The number of nitrogens with zero attached hydrogens (tertiary/aromatic N) is 2. The lowest BCUT2D eigenvalue weighted by Gasteiger charge is -2.19. The summed E-state index contributed by atoms with van der Waals surface area (Å²) in [6.45, 7) is 3.59. The average molecular weight is 306 g/mol. The second-order valence-corrected chi connectivity index (χ2v) is 5.87. The number of rotatable bonds is 6. The molecule has 0 atom stereocenters. The van der Waals surface area contributed by atoms with Crippen molar-refractivity contribution in [2.24, 2.45) is 0 Å². The van der Waals surface area contributed by atoms with Gasteiger partial charge in [-0.2, -0.15) is 0 Å². The van der Waals surface area contributed by atoms with Gasteiger partial charge in [-0.05, 0) is 63.9 Å². The van der Waals surface area contributed by atoms with E-state index in [1.807, 2.05) is 0 Å². The minimum absolute atomic E-state index is 0.00696. The van der Waals surface area contributed by atoms with Gasteiger partial charge < -0.3 is 14.7 Å². The average Bonchev–Trinajstić information content (AvgIpc) is 2.81. The van der Waals surface area contributed by atoms with Gasteiger partial charge in [0, 0.05) is 5.69 Å². The van der Waals surface area contributed by atoms with E-state index >= 15 is 0 Å². The second kappa shape index (κ2) is 8.73. The molecule has 1 fully saturated rings. The number of carbonyl (C=O) groups is 1. The van der Waals surface area contributed by atoms with Crippen molar-refractivity contribution in [2.75, 3.05) is 26.7 Å². The van der Waals surface area contributed by atoms with Gasteiger partial charge in [0.2, 0.25) is 0 Å². The lowest BCUT2D eigenvalue weighted by atomic mass is 10.1. The number of aryl methyl sites for hydroxylation is 1. The lowest BCUT2D eigenvalue weighted by Crippen LogP contribution is -2.25. The first-order valence-electron chi connectivity index (χ1n) is 8.20. The molecule has 1 aromatic rings. The van der Waals surface area contributed by atoms with Gasteiger partial charge in [0.1, 0.15) is 5.75 Å². The first-order chi connectivity index (χ1) is 10.7. The van der Waals surface area contributed by atoms with Crippen LogP contribution in [0.1, 0.15) is 54.7 Å². The fourth-order valence-electron chi connectivity index (χ4n) is 2.88. The Kier molecular flexibility index (Phi) is 6.65. The number of aromatic nitrogens is 1. The van der Waals surface area contributed by atoms with E-state index in [9.17, 15) is 9.90 Å². The van der Waals surface area contributed by atoms with Crippen molar-refractivity contribution >= 4 is 5.97 Å². The Morgan fingerprint density at radius 3 is 2.64 bits per heavy atom. The molecule has 1 aliphatic heterocycles. The lowest BCUT2D eigenvalue weighted by molar-refractivity contribution is 0.0590. The number of esters is 1. The van der Waals surface area contributed by atoms with Crippen molar-refractivity contribution in [1.29, 1.82) is 0 Å². The third-order valence-corrected chi connectivity index (χ3v) is 4.17. The Morgan fingerprint density at radius 1 is 1.23 bits per heavy atom. The SMILES string of the molecule is COC(=O)c1nc(CCCCN2CCCCCC2)ccc1O. The molecule has 2 rings (SSSR count). The van der Waals surface area contributed by atoms with Gasteiger partial charge in [-0.1, -0.05) is 12.8 Å². The van der Waals surface area contributed by atoms with Crippen molar-refractivity contribution in [3.63, 3.8) is 0 Å². The zero-order chi connectivity index (χ0) is 15.8. The molecule has 1 aliphatic rings. The number of hydrogen-bond donors (Lipinski definition) is 1. The van der Waals surface area contributed by atoms with E-state index in [4.69, 9.17) is 0 Å². The molecule has 1 saturated heterocycles. The monoisotopic (exact) mass is 306 g/mol. The predicted octanol–water partition coefficient (Wildman–Crippen LogP) is 2.77. The Morgan fingerprint density at radius 2 is 1.95 bits per heavy atom. The molecule has 0 aromatic carbocycles. The van der Waals surface area contributed by atoms with Crippen LogP contribution in [-0.4, -0.2) is 47.7 Å². The highest BCUT2D eigenvalue weighted by Crippen LogP contribution is 2.17. The van der Waals surface area contributed by atoms with Crippen LogP contribution in [0.3, 0.4) is 0 Å². The van der Waals surface area contributed by atoms with Gasteiger partial charge in [0.05, 0.1) is 7.11 Å². The number of aromatic hydroxyl groups is 1. The largest absolute Gasteiger partial charge is 0.505 e. The molecule has 22 heavy (non-hydrogen) atoms. The van der Waals surface area contributed by atoms with Crippen LogP contribution in [0.15, 0.2) is 12.1 Å². The Labute approximate surface area is 132 Å². The Balaban J connectivity index is 1.78. The molecule has 1 aromatic heterocycles. The van der Waals surface area contributed by atoms with Crippen LogP contribution in [0.2, 0.25) is 0 Å². The fourth-order valence-corrected chi connectivity index (χ4v) is 2.88. The summed E-state index contributed by atoms with van der Waals surface area (Å²) < 4.78 is 4.62. The third-order valence-electron chi connectivity index (χ3n) is 4.17. The molecule has 5 heteroatoms. The second-order valence-electron chi connectivity index (χ2n) is 5.87. The number of ether oxygens (including phenoxy) is 1. The van der Waals surface area contributed by atoms with E-state index in [0.717, 1.165) is 31.5 Å².